The summed E-state index contributed by atoms with van der Waals surface area (Å²) in [7, 11) is 1.31. The fourth-order valence-corrected chi connectivity index (χ4v) is 3.19. The van der Waals surface area contributed by atoms with Gasteiger partial charge in [0.25, 0.3) is 5.91 Å². The fourth-order valence-electron chi connectivity index (χ4n) is 2.81. The third-order valence-electron chi connectivity index (χ3n) is 3.91. The van der Waals surface area contributed by atoms with Crippen molar-refractivity contribution in [2.24, 2.45) is 0 Å². The number of halogens is 1. The van der Waals surface area contributed by atoms with Gasteiger partial charge in [0.2, 0.25) is 0 Å². The Morgan fingerprint density at radius 1 is 1.33 bits per heavy atom. The van der Waals surface area contributed by atoms with E-state index in [1.54, 1.807) is 24.4 Å². The Kier molecular flexibility index (Phi) is 4.80. The van der Waals surface area contributed by atoms with Gasteiger partial charge < -0.3 is 10.1 Å². The molecule has 124 valence electrons. The van der Waals surface area contributed by atoms with Crippen LogP contribution in [0.25, 0.3) is 0 Å². The molecule has 0 bridgehead atoms. The van der Waals surface area contributed by atoms with E-state index >= 15 is 0 Å². The second kappa shape index (κ2) is 7.00. The molecule has 7 heteroatoms. The molecule has 2 amide bonds. The lowest BCUT2D eigenvalue weighted by molar-refractivity contribution is -0.121. The molecule has 0 fully saturated rings. The zero-order valence-corrected chi connectivity index (χ0v) is 14.6. The van der Waals surface area contributed by atoms with Crippen LogP contribution in [0.3, 0.4) is 0 Å². The average molecular weight is 390 g/mol. The van der Waals surface area contributed by atoms with E-state index in [-0.39, 0.29) is 5.91 Å². The van der Waals surface area contributed by atoms with Gasteiger partial charge in [0.05, 0.1) is 7.11 Å². The number of aromatic nitrogens is 1. The number of amides is 2. The highest BCUT2D eigenvalue weighted by molar-refractivity contribution is 9.10. The third-order valence-corrected chi connectivity index (χ3v) is 4.40. The minimum atomic E-state index is -0.763. The van der Waals surface area contributed by atoms with Crippen LogP contribution in [-0.2, 0) is 16.0 Å². The molecule has 1 aromatic heterocycles. The molecule has 1 aromatic carbocycles. The van der Waals surface area contributed by atoms with Crippen molar-refractivity contribution >= 4 is 33.7 Å². The number of anilines is 1. The van der Waals surface area contributed by atoms with Gasteiger partial charge in [-0.1, -0.05) is 28.1 Å². The van der Waals surface area contributed by atoms with Crippen molar-refractivity contribution in [1.82, 2.24) is 9.88 Å². The summed E-state index contributed by atoms with van der Waals surface area (Å²) in [5.74, 6) is 0.118. The number of hydrogen-bond acceptors (Lipinski definition) is 4. The van der Waals surface area contributed by atoms with Crippen molar-refractivity contribution in [3.8, 4) is 0 Å². The van der Waals surface area contributed by atoms with Gasteiger partial charge in [-0.2, -0.15) is 0 Å². The average Bonchev–Trinajstić information content (AvgIpc) is 2.60. The predicted molar refractivity (Wildman–Crippen MR) is 92.6 cm³/mol. The Hall–Kier alpha value is -2.41. The summed E-state index contributed by atoms with van der Waals surface area (Å²) in [5.41, 5.74) is 1.83. The van der Waals surface area contributed by atoms with Crippen LogP contribution in [0.2, 0.25) is 0 Å². The zero-order valence-electron chi connectivity index (χ0n) is 13.0. The number of methoxy groups -OCH3 is 1. The first-order valence-corrected chi connectivity index (χ1v) is 8.24. The molecule has 24 heavy (non-hydrogen) atoms. The lowest BCUT2D eigenvalue weighted by Crippen LogP contribution is -2.45. The second-order valence-electron chi connectivity index (χ2n) is 5.36. The highest BCUT2D eigenvalue weighted by atomic mass is 79.9. The summed E-state index contributed by atoms with van der Waals surface area (Å²) < 4.78 is 5.70. The molecule has 0 aliphatic carbocycles. The second-order valence-corrected chi connectivity index (χ2v) is 6.28. The van der Waals surface area contributed by atoms with Crippen LogP contribution in [0.5, 0.6) is 0 Å². The molecule has 0 radical (unpaired) electrons. The van der Waals surface area contributed by atoms with Gasteiger partial charge in [0.1, 0.15) is 11.9 Å². The summed E-state index contributed by atoms with van der Waals surface area (Å²) >= 11 is 3.43. The molecular formula is C17H16BrN3O3. The third kappa shape index (κ3) is 3.26. The summed E-state index contributed by atoms with van der Waals surface area (Å²) in [6.45, 7) is 0.418. The largest absolute Gasteiger partial charge is 0.453 e. The van der Waals surface area contributed by atoms with E-state index in [1.165, 1.54) is 12.0 Å². The summed E-state index contributed by atoms with van der Waals surface area (Å²) in [6.07, 6.45) is 1.74. The van der Waals surface area contributed by atoms with E-state index in [2.05, 4.69) is 26.2 Å². The van der Waals surface area contributed by atoms with Crippen LogP contribution in [0.15, 0.2) is 47.1 Å². The van der Waals surface area contributed by atoms with Crippen molar-refractivity contribution in [3.05, 3.63) is 58.2 Å². The SMILES string of the molecule is COC(=O)N1CCc2ccc(Br)cc2[C@@H]1C(=O)Nc1ccccn1. The quantitative estimate of drug-likeness (QED) is 0.855. The van der Waals surface area contributed by atoms with Gasteiger partial charge in [-0.25, -0.2) is 9.78 Å². The number of nitrogens with one attached hydrogen (secondary N) is 1. The van der Waals surface area contributed by atoms with E-state index in [9.17, 15) is 9.59 Å². The molecule has 6 nitrogen and oxygen atoms in total. The van der Waals surface area contributed by atoms with E-state index in [4.69, 9.17) is 4.74 Å². The van der Waals surface area contributed by atoms with Crippen LogP contribution in [0.4, 0.5) is 10.6 Å². The molecule has 1 aliphatic rings. The van der Waals surface area contributed by atoms with E-state index < -0.39 is 12.1 Å². The van der Waals surface area contributed by atoms with Crippen molar-refractivity contribution in [1.29, 1.82) is 0 Å². The predicted octanol–water partition coefficient (Wildman–Crippen LogP) is 3.15. The fraction of sp³-hybridized carbons (Fsp3) is 0.235. The highest BCUT2D eigenvalue weighted by Crippen LogP contribution is 2.33. The molecule has 0 saturated heterocycles. The maximum Gasteiger partial charge on any atom is 0.410 e. The molecule has 2 heterocycles. The number of benzene rings is 1. The summed E-state index contributed by atoms with van der Waals surface area (Å²) in [5, 5.41) is 2.77. The molecule has 0 spiro atoms. The van der Waals surface area contributed by atoms with Crippen LogP contribution in [0, 0.1) is 0 Å². The molecule has 0 unspecified atom stereocenters. The van der Waals surface area contributed by atoms with E-state index in [0.29, 0.717) is 18.8 Å². The normalized spacial score (nSPS) is 16.2. The van der Waals surface area contributed by atoms with Crippen LogP contribution in [0.1, 0.15) is 17.2 Å². The number of ether oxygens (including phenoxy) is 1. The lowest BCUT2D eigenvalue weighted by atomic mass is 9.92. The first kappa shape index (κ1) is 16.4. The molecule has 3 rings (SSSR count). The maximum absolute atomic E-state index is 12.9. The van der Waals surface area contributed by atoms with Gasteiger partial charge in [0.15, 0.2) is 0 Å². The smallest absolute Gasteiger partial charge is 0.410 e. The molecular weight excluding hydrogens is 374 g/mol. The minimum absolute atomic E-state index is 0.321. The Morgan fingerprint density at radius 2 is 2.17 bits per heavy atom. The van der Waals surface area contributed by atoms with Crippen LogP contribution >= 0.6 is 15.9 Å². The number of rotatable bonds is 2. The van der Waals surface area contributed by atoms with Crippen molar-refractivity contribution < 1.29 is 14.3 Å². The Morgan fingerprint density at radius 3 is 2.88 bits per heavy atom. The number of hydrogen-bond donors (Lipinski definition) is 1. The zero-order chi connectivity index (χ0) is 17.1. The maximum atomic E-state index is 12.9. The molecule has 2 aromatic rings. The lowest BCUT2D eigenvalue weighted by Gasteiger charge is -2.35. The topological polar surface area (TPSA) is 71.5 Å². The van der Waals surface area contributed by atoms with Crippen molar-refractivity contribution in [3.63, 3.8) is 0 Å². The summed E-state index contributed by atoms with van der Waals surface area (Å²) in [4.78, 5) is 30.5. The minimum Gasteiger partial charge on any atom is -0.453 e. The van der Waals surface area contributed by atoms with Crippen LogP contribution < -0.4 is 5.32 Å². The Labute approximate surface area is 148 Å². The molecule has 1 aliphatic heterocycles. The van der Waals surface area contributed by atoms with Gasteiger partial charge in [0, 0.05) is 17.2 Å². The van der Waals surface area contributed by atoms with Gasteiger partial charge in [-0.05, 0) is 41.8 Å². The van der Waals surface area contributed by atoms with Crippen molar-refractivity contribution in [2.75, 3.05) is 19.0 Å². The summed E-state index contributed by atoms with van der Waals surface area (Å²) in [6, 6.07) is 10.3. The Balaban J connectivity index is 1.97. The number of pyridine rings is 1. The van der Waals surface area contributed by atoms with Crippen molar-refractivity contribution in [2.45, 2.75) is 12.5 Å². The number of nitrogens with zero attached hydrogens (tertiary/aromatic N) is 2. The molecule has 1 N–H and O–H groups in total. The van der Waals surface area contributed by atoms with Gasteiger partial charge in [-0.15, -0.1) is 0 Å². The van der Waals surface area contributed by atoms with Crippen LogP contribution in [-0.4, -0.2) is 35.5 Å². The van der Waals surface area contributed by atoms with E-state index in [1.807, 2.05) is 18.2 Å². The highest BCUT2D eigenvalue weighted by Gasteiger charge is 2.36. The molecule has 1 atom stereocenters. The Bertz CT molecular complexity index is 767. The number of carbonyl (C=O) groups is 2. The van der Waals surface area contributed by atoms with E-state index in [0.717, 1.165) is 15.6 Å². The number of carbonyl (C=O) groups excluding carboxylic acids is 2. The van der Waals surface area contributed by atoms with Gasteiger partial charge >= 0.3 is 6.09 Å². The molecule has 0 saturated carbocycles. The first-order valence-electron chi connectivity index (χ1n) is 7.45. The first-order chi connectivity index (χ1) is 11.6. The monoisotopic (exact) mass is 389 g/mol. The standard InChI is InChI=1S/C17H16BrN3O3/c1-24-17(23)21-9-7-11-5-6-12(18)10-13(11)15(21)16(22)20-14-4-2-3-8-19-14/h2-6,8,10,15H,7,9H2,1H3,(H,19,20,22)/t15-/m1/s1. The van der Waals surface area contributed by atoms with Gasteiger partial charge in [-0.3, -0.25) is 9.69 Å². The number of fused-ring (bicyclic) bond motifs is 1.